The Balaban J connectivity index is 2.79. The van der Waals surface area contributed by atoms with Crippen LogP contribution in [0.4, 0.5) is 0 Å². The Morgan fingerprint density at radius 2 is 2.00 bits per heavy atom. The molecule has 1 aromatic rings. The molecule has 1 atom stereocenters. The van der Waals surface area contributed by atoms with Gasteiger partial charge in [0.15, 0.2) is 0 Å². The average molecular weight is 181 g/mol. The molecule has 0 saturated heterocycles. The number of aromatic nitrogens is 1. The largest absolute Gasteiger partial charge is 0.475 e. The van der Waals surface area contributed by atoms with Gasteiger partial charge in [0, 0.05) is 6.07 Å². The summed E-state index contributed by atoms with van der Waals surface area (Å²) in [6, 6.07) is 5.39. The van der Waals surface area contributed by atoms with Gasteiger partial charge in [0.1, 0.15) is 0 Å². The van der Waals surface area contributed by atoms with Crippen LogP contribution < -0.4 is 4.74 Å². The van der Waals surface area contributed by atoms with Gasteiger partial charge in [-0.2, -0.15) is 0 Å². The zero-order valence-electron chi connectivity index (χ0n) is 8.19. The first kappa shape index (κ1) is 9.99. The number of pyridine rings is 1. The third-order valence-electron chi connectivity index (χ3n) is 1.53. The minimum Gasteiger partial charge on any atom is -0.475 e. The van der Waals surface area contributed by atoms with Crippen molar-refractivity contribution in [1.29, 1.82) is 0 Å². The molecule has 0 spiro atoms. The molecule has 72 valence electrons. The van der Waals surface area contributed by atoms with E-state index in [1.807, 2.05) is 19.9 Å². The van der Waals surface area contributed by atoms with E-state index in [0.29, 0.717) is 11.6 Å². The molecule has 3 nitrogen and oxygen atoms in total. The molecule has 13 heavy (non-hydrogen) atoms. The highest BCUT2D eigenvalue weighted by Crippen LogP contribution is 2.14. The van der Waals surface area contributed by atoms with Crippen LogP contribution in [0.5, 0.6) is 5.88 Å². The van der Waals surface area contributed by atoms with Crippen LogP contribution in [-0.2, 0) is 0 Å². The van der Waals surface area contributed by atoms with Gasteiger partial charge in [0.05, 0.1) is 17.9 Å². The molecule has 0 fully saturated rings. The Labute approximate surface area is 78.4 Å². The number of hydrogen-bond donors (Lipinski definition) is 1. The standard InChI is InChI=1S/C10H15NO2/c1-7(2)13-10-6-4-5-9(11-10)8(3)12/h4-8,12H,1-3H3/t8-/m0/s1. The molecular weight excluding hydrogens is 166 g/mol. The Hall–Kier alpha value is -1.09. The van der Waals surface area contributed by atoms with Crippen LogP contribution >= 0.6 is 0 Å². The van der Waals surface area contributed by atoms with E-state index in [0.717, 1.165) is 0 Å². The maximum atomic E-state index is 9.26. The zero-order chi connectivity index (χ0) is 9.84. The van der Waals surface area contributed by atoms with Gasteiger partial charge in [-0.3, -0.25) is 0 Å². The van der Waals surface area contributed by atoms with Crippen molar-refractivity contribution in [3.8, 4) is 5.88 Å². The lowest BCUT2D eigenvalue weighted by Gasteiger charge is -2.10. The number of aliphatic hydroxyl groups is 1. The quantitative estimate of drug-likeness (QED) is 0.774. The predicted octanol–water partition coefficient (Wildman–Crippen LogP) is 1.92. The van der Waals surface area contributed by atoms with Crippen LogP contribution in [0.3, 0.4) is 0 Å². The Morgan fingerprint density at radius 1 is 1.31 bits per heavy atom. The van der Waals surface area contributed by atoms with Crippen molar-refractivity contribution in [2.75, 3.05) is 0 Å². The van der Waals surface area contributed by atoms with Crippen molar-refractivity contribution >= 4 is 0 Å². The highest BCUT2D eigenvalue weighted by atomic mass is 16.5. The monoisotopic (exact) mass is 181 g/mol. The smallest absolute Gasteiger partial charge is 0.213 e. The summed E-state index contributed by atoms with van der Waals surface area (Å²) in [5, 5.41) is 9.26. The Bertz CT molecular complexity index is 271. The molecule has 3 heteroatoms. The summed E-state index contributed by atoms with van der Waals surface area (Å²) in [5.74, 6) is 0.563. The molecule has 0 saturated carbocycles. The number of aliphatic hydroxyl groups excluding tert-OH is 1. The van der Waals surface area contributed by atoms with Gasteiger partial charge in [-0.25, -0.2) is 4.98 Å². The van der Waals surface area contributed by atoms with E-state index in [2.05, 4.69) is 4.98 Å². The summed E-state index contributed by atoms with van der Waals surface area (Å²) in [5.41, 5.74) is 0.637. The van der Waals surface area contributed by atoms with Crippen LogP contribution in [0.1, 0.15) is 32.6 Å². The summed E-state index contributed by atoms with van der Waals surface area (Å²) in [7, 11) is 0. The fraction of sp³-hybridized carbons (Fsp3) is 0.500. The molecular formula is C10H15NO2. The molecule has 0 unspecified atom stereocenters. The lowest BCUT2D eigenvalue weighted by atomic mass is 10.2. The van der Waals surface area contributed by atoms with Crippen LogP contribution in [0.2, 0.25) is 0 Å². The second-order valence-electron chi connectivity index (χ2n) is 3.24. The van der Waals surface area contributed by atoms with Crippen molar-refractivity contribution in [2.45, 2.75) is 33.0 Å². The summed E-state index contributed by atoms with van der Waals surface area (Å²) in [6.07, 6.45) is -0.438. The van der Waals surface area contributed by atoms with E-state index in [4.69, 9.17) is 4.74 Å². The summed E-state index contributed by atoms with van der Waals surface area (Å²) in [6.45, 7) is 5.56. The molecule has 0 aliphatic carbocycles. The first-order valence-corrected chi connectivity index (χ1v) is 4.41. The molecule has 1 rings (SSSR count). The minimum absolute atomic E-state index is 0.108. The van der Waals surface area contributed by atoms with Crippen LogP contribution in [-0.4, -0.2) is 16.2 Å². The molecule has 1 heterocycles. The first-order valence-electron chi connectivity index (χ1n) is 4.41. The number of hydrogen-bond acceptors (Lipinski definition) is 3. The normalized spacial score (nSPS) is 13.0. The SMILES string of the molecule is CC(C)Oc1cccc([C@H](C)O)n1. The second kappa shape index (κ2) is 4.23. The van der Waals surface area contributed by atoms with Gasteiger partial charge in [0.2, 0.25) is 5.88 Å². The topological polar surface area (TPSA) is 42.4 Å². The van der Waals surface area contributed by atoms with Crippen molar-refractivity contribution in [3.05, 3.63) is 23.9 Å². The number of ether oxygens (including phenoxy) is 1. The van der Waals surface area contributed by atoms with Crippen molar-refractivity contribution in [2.24, 2.45) is 0 Å². The first-order chi connectivity index (χ1) is 6.09. The summed E-state index contributed by atoms with van der Waals surface area (Å²) < 4.78 is 5.38. The molecule has 1 N–H and O–H groups in total. The molecule has 0 aliphatic rings. The molecule has 1 aromatic heterocycles. The van der Waals surface area contributed by atoms with E-state index >= 15 is 0 Å². The summed E-state index contributed by atoms with van der Waals surface area (Å²) >= 11 is 0. The van der Waals surface area contributed by atoms with Crippen LogP contribution in [0, 0.1) is 0 Å². The van der Waals surface area contributed by atoms with Crippen molar-refractivity contribution in [3.63, 3.8) is 0 Å². The number of rotatable bonds is 3. The van der Waals surface area contributed by atoms with Crippen LogP contribution in [0.15, 0.2) is 18.2 Å². The predicted molar refractivity (Wildman–Crippen MR) is 50.6 cm³/mol. The van der Waals surface area contributed by atoms with Crippen LogP contribution in [0.25, 0.3) is 0 Å². The van der Waals surface area contributed by atoms with Gasteiger partial charge >= 0.3 is 0 Å². The minimum atomic E-state index is -0.546. The van der Waals surface area contributed by atoms with Crippen molar-refractivity contribution in [1.82, 2.24) is 4.98 Å². The van der Waals surface area contributed by atoms with E-state index < -0.39 is 6.10 Å². The second-order valence-corrected chi connectivity index (χ2v) is 3.24. The molecule has 0 aliphatic heterocycles. The van der Waals surface area contributed by atoms with Gasteiger partial charge in [-0.05, 0) is 26.8 Å². The lowest BCUT2D eigenvalue weighted by Crippen LogP contribution is -2.08. The lowest BCUT2D eigenvalue weighted by molar-refractivity contribution is 0.188. The fourth-order valence-electron chi connectivity index (χ4n) is 0.971. The fourth-order valence-corrected chi connectivity index (χ4v) is 0.971. The van der Waals surface area contributed by atoms with Gasteiger partial charge < -0.3 is 9.84 Å². The van der Waals surface area contributed by atoms with E-state index in [1.165, 1.54) is 0 Å². The van der Waals surface area contributed by atoms with Gasteiger partial charge in [-0.1, -0.05) is 6.07 Å². The molecule has 0 amide bonds. The molecule has 0 radical (unpaired) electrons. The highest BCUT2D eigenvalue weighted by Gasteiger charge is 2.04. The Morgan fingerprint density at radius 3 is 2.54 bits per heavy atom. The van der Waals surface area contributed by atoms with E-state index in [9.17, 15) is 5.11 Å². The molecule has 0 aromatic carbocycles. The highest BCUT2D eigenvalue weighted by molar-refractivity contribution is 5.17. The average Bonchev–Trinajstić information content (AvgIpc) is 2.03. The van der Waals surface area contributed by atoms with E-state index in [-0.39, 0.29) is 6.10 Å². The summed E-state index contributed by atoms with van der Waals surface area (Å²) in [4.78, 5) is 4.14. The Kier molecular flexibility index (Phi) is 3.25. The third kappa shape index (κ3) is 3.03. The van der Waals surface area contributed by atoms with Gasteiger partial charge in [0.25, 0.3) is 0 Å². The number of nitrogens with zero attached hydrogens (tertiary/aromatic N) is 1. The van der Waals surface area contributed by atoms with Gasteiger partial charge in [-0.15, -0.1) is 0 Å². The van der Waals surface area contributed by atoms with Crippen molar-refractivity contribution < 1.29 is 9.84 Å². The zero-order valence-corrected chi connectivity index (χ0v) is 8.19. The maximum Gasteiger partial charge on any atom is 0.213 e. The maximum absolute atomic E-state index is 9.26. The third-order valence-corrected chi connectivity index (χ3v) is 1.53. The molecule has 0 bridgehead atoms. The van der Waals surface area contributed by atoms with E-state index in [1.54, 1.807) is 19.1 Å².